The van der Waals surface area contributed by atoms with Gasteiger partial charge in [-0.05, 0) is 30.0 Å². The maximum Gasteiger partial charge on any atom is 0.305 e. The molecule has 0 spiro atoms. The van der Waals surface area contributed by atoms with Crippen LogP contribution in [0.25, 0.3) is 11.3 Å². The summed E-state index contributed by atoms with van der Waals surface area (Å²) in [4.78, 5) is 22.7. The molecule has 2 aromatic rings. The number of nitrogens with one attached hydrogen (secondary N) is 1. The number of carbonyl (C=O) groups excluding carboxylic acids is 1. The molecule has 0 radical (unpaired) electrons. The fourth-order valence-corrected chi connectivity index (χ4v) is 2.43. The minimum Gasteiger partial charge on any atom is -0.481 e. The van der Waals surface area contributed by atoms with Gasteiger partial charge in [0.05, 0.1) is 6.42 Å². The third-order valence-electron chi connectivity index (χ3n) is 2.88. The first-order valence-electron chi connectivity index (χ1n) is 6.25. The summed E-state index contributed by atoms with van der Waals surface area (Å²) >= 11 is 1.55. The molecule has 20 heavy (non-hydrogen) atoms. The van der Waals surface area contributed by atoms with Crippen LogP contribution in [0.4, 0.5) is 0 Å². The third-order valence-corrected chi connectivity index (χ3v) is 3.57. The zero-order chi connectivity index (χ0) is 14.5. The average Bonchev–Trinajstić information content (AvgIpc) is 3.07. The minimum atomic E-state index is -0.935. The summed E-state index contributed by atoms with van der Waals surface area (Å²) in [5.74, 6) is -0.507. The van der Waals surface area contributed by atoms with Crippen LogP contribution < -0.4 is 5.32 Å². The Morgan fingerprint density at radius 2 is 2.20 bits per heavy atom. The van der Waals surface area contributed by atoms with Gasteiger partial charge in [0.15, 0.2) is 5.76 Å². The molecule has 2 aromatic heterocycles. The van der Waals surface area contributed by atoms with Crippen molar-refractivity contribution in [1.29, 1.82) is 0 Å². The summed E-state index contributed by atoms with van der Waals surface area (Å²) in [7, 11) is 0. The Bertz CT molecular complexity index is 588. The second-order valence-corrected chi connectivity index (χ2v) is 5.13. The lowest BCUT2D eigenvalue weighted by Gasteiger charge is -2.13. The molecule has 0 aliphatic heterocycles. The van der Waals surface area contributed by atoms with Crippen molar-refractivity contribution >= 4 is 23.2 Å². The van der Waals surface area contributed by atoms with Gasteiger partial charge in [-0.2, -0.15) is 11.3 Å². The van der Waals surface area contributed by atoms with Crippen molar-refractivity contribution in [3.63, 3.8) is 0 Å². The Morgan fingerprint density at radius 3 is 2.80 bits per heavy atom. The molecule has 0 fully saturated rings. The molecule has 1 amide bonds. The van der Waals surface area contributed by atoms with Gasteiger partial charge in [-0.3, -0.25) is 9.59 Å². The van der Waals surface area contributed by atoms with E-state index in [0.717, 1.165) is 5.56 Å². The number of furan rings is 1. The van der Waals surface area contributed by atoms with Gasteiger partial charge in [0.25, 0.3) is 5.91 Å². The van der Waals surface area contributed by atoms with Gasteiger partial charge in [0, 0.05) is 17.0 Å². The van der Waals surface area contributed by atoms with Crippen molar-refractivity contribution in [2.45, 2.75) is 25.8 Å². The van der Waals surface area contributed by atoms with Crippen LogP contribution in [0.3, 0.4) is 0 Å². The van der Waals surface area contributed by atoms with Crippen molar-refractivity contribution < 1.29 is 19.1 Å². The Labute approximate surface area is 120 Å². The highest BCUT2D eigenvalue weighted by atomic mass is 32.1. The smallest absolute Gasteiger partial charge is 0.305 e. The molecule has 6 heteroatoms. The number of aliphatic carboxylic acids is 1. The molecule has 0 aromatic carbocycles. The predicted octanol–water partition coefficient (Wildman–Crippen LogP) is 2.99. The number of amides is 1. The molecule has 0 aliphatic carbocycles. The topological polar surface area (TPSA) is 79.5 Å². The van der Waals surface area contributed by atoms with Gasteiger partial charge in [0.2, 0.25) is 0 Å². The van der Waals surface area contributed by atoms with Gasteiger partial charge in [0.1, 0.15) is 5.76 Å². The van der Waals surface area contributed by atoms with Crippen LogP contribution in [-0.2, 0) is 4.79 Å². The van der Waals surface area contributed by atoms with E-state index in [-0.39, 0.29) is 18.1 Å². The maximum absolute atomic E-state index is 12.0. The second kappa shape index (κ2) is 6.38. The lowest BCUT2D eigenvalue weighted by atomic mass is 10.1. The summed E-state index contributed by atoms with van der Waals surface area (Å²) in [6.07, 6.45) is 0.455. The van der Waals surface area contributed by atoms with Crippen molar-refractivity contribution in [3.05, 3.63) is 34.7 Å². The van der Waals surface area contributed by atoms with Crippen LogP contribution in [0, 0.1) is 0 Å². The van der Waals surface area contributed by atoms with Gasteiger partial charge in [-0.15, -0.1) is 0 Å². The van der Waals surface area contributed by atoms with E-state index in [1.807, 2.05) is 23.8 Å². The van der Waals surface area contributed by atoms with Crippen molar-refractivity contribution in [3.8, 4) is 11.3 Å². The number of rotatable bonds is 6. The Kier molecular flexibility index (Phi) is 4.57. The number of carboxylic acids is 1. The van der Waals surface area contributed by atoms with Crippen LogP contribution in [-0.4, -0.2) is 23.0 Å². The molecule has 5 nitrogen and oxygen atoms in total. The number of thiophene rings is 1. The Balaban J connectivity index is 2.04. The molecule has 0 aliphatic rings. The van der Waals surface area contributed by atoms with Gasteiger partial charge in [-0.1, -0.05) is 6.92 Å². The van der Waals surface area contributed by atoms with E-state index in [2.05, 4.69) is 5.32 Å². The molecule has 2 N–H and O–H groups in total. The van der Waals surface area contributed by atoms with Crippen molar-refractivity contribution in [2.24, 2.45) is 0 Å². The fraction of sp³-hybridized carbons (Fsp3) is 0.286. The zero-order valence-electron chi connectivity index (χ0n) is 11.0. The van der Waals surface area contributed by atoms with E-state index in [9.17, 15) is 9.59 Å². The average molecular weight is 293 g/mol. The second-order valence-electron chi connectivity index (χ2n) is 4.35. The van der Waals surface area contributed by atoms with Gasteiger partial charge >= 0.3 is 5.97 Å². The van der Waals surface area contributed by atoms with Crippen LogP contribution >= 0.6 is 11.3 Å². The number of carbonyl (C=O) groups is 2. The SMILES string of the molecule is CC[C@@H](CC(=O)O)NC(=O)c1ccc(-c2ccsc2)o1. The molecule has 2 heterocycles. The largest absolute Gasteiger partial charge is 0.481 e. The van der Waals surface area contributed by atoms with E-state index in [4.69, 9.17) is 9.52 Å². The summed E-state index contributed by atoms with van der Waals surface area (Å²) in [6.45, 7) is 1.83. The molecule has 0 bridgehead atoms. The molecular weight excluding hydrogens is 278 g/mol. The summed E-state index contributed by atoms with van der Waals surface area (Å²) in [5, 5.41) is 15.3. The standard InChI is InChI=1S/C14H15NO4S/c1-2-10(7-13(16)17)15-14(18)12-4-3-11(19-12)9-5-6-20-8-9/h3-6,8,10H,2,7H2,1H3,(H,15,18)(H,16,17)/t10-/m0/s1. The maximum atomic E-state index is 12.0. The first-order chi connectivity index (χ1) is 9.60. The minimum absolute atomic E-state index is 0.0969. The van der Waals surface area contributed by atoms with E-state index in [1.54, 1.807) is 23.5 Å². The third kappa shape index (κ3) is 3.48. The van der Waals surface area contributed by atoms with E-state index >= 15 is 0 Å². The first kappa shape index (κ1) is 14.3. The number of hydrogen-bond acceptors (Lipinski definition) is 4. The summed E-state index contributed by atoms with van der Waals surface area (Å²) < 4.78 is 5.49. The van der Waals surface area contributed by atoms with Crippen molar-refractivity contribution in [2.75, 3.05) is 0 Å². The highest BCUT2D eigenvalue weighted by Crippen LogP contribution is 2.24. The monoisotopic (exact) mass is 293 g/mol. The van der Waals surface area contributed by atoms with Gasteiger partial charge < -0.3 is 14.8 Å². The molecule has 106 valence electrons. The van der Waals surface area contributed by atoms with Crippen LogP contribution in [0.1, 0.15) is 30.3 Å². The summed E-state index contributed by atoms with van der Waals surface area (Å²) in [5.41, 5.74) is 0.923. The van der Waals surface area contributed by atoms with E-state index in [0.29, 0.717) is 12.2 Å². The van der Waals surface area contributed by atoms with E-state index in [1.165, 1.54) is 0 Å². The number of carboxylic acid groups (broad SMARTS) is 1. The molecule has 0 saturated carbocycles. The number of hydrogen-bond donors (Lipinski definition) is 2. The molecule has 1 atom stereocenters. The zero-order valence-corrected chi connectivity index (χ0v) is 11.8. The normalized spacial score (nSPS) is 12.1. The molecular formula is C14H15NO4S. The Hall–Kier alpha value is -2.08. The van der Waals surface area contributed by atoms with E-state index < -0.39 is 12.0 Å². The fourth-order valence-electron chi connectivity index (χ4n) is 1.78. The lowest BCUT2D eigenvalue weighted by molar-refractivity contribution is -0.137. The molecule has 0 unspecified atom stereocenters. The highest BCUT2D eigenvalue weighted by molar-refractivity contribution is 7.08. The molecule has 0 saturated heterocycles. The molecule has 2 rings (SSSR count). The highest BCUT2D eigenvalue weighted by Gasteiger charge is 2.18. The predicted molar refractivity (Wildman–Crippen MR) is 75.8 cm³/mol. The van der Waals surface area contributed by atoms with Crippen molar-refractivity contribution in [1.82, 2.24) is 5.32 Å². The summed E-state index contributed by atoms with van der Waals surface area (Å²) in [6, 6.07) is 4.84. The lowest BCUT2D eigenvalue weighted by Crippen LogP contribution is -2.35. The van der Waals surface area contributed by atoms with Crippen LogP contribution in [0.5, 0.6) is 0 Å². The quantitative estimate of drug-likeness (QED) is 0.858. The Morgan fingerprint density at radius 1 is 1.40 bits per heavy atom. The first-order valence-corrected chi connectivity index (χ1v) is 7.19. The van der Waals surface area contributed by atoms with Crippen LogP contribution in [0.15, 0.2) is 33.4 Å². The van der Waals surface area contributed by atoms with Crippen LogP contribution in [0.2, 0.25) is 0 Å². The van der Waals surface area contributed by atoms with Gasteiger partial charge in [-0.25, -0.2) is 0 Å².